The number of aromatic amines is 1. The van der Waals surface area contributed by atoms with Crippen molar-refractivity contribution in [2.45, 2.75) is 51.0 Å². The first-order valence-electron chi connectivity index (χ1n) is 19.8. The van der Waals surface area contributed by atoms with Crippen LogP contribution in [0.2, 0.25) is 0 Å². The highest BCUT2D eigenvalue weighted by atomic mass is 16.6. The van der Waals surface area contributed by atoms with Gasteiger partial charge in [-0.15, -0.1) is 0 Å². The molecule has 4 aromatic carbocycles. The Bertz CT molecular complexity index is 2190. The molecule has 3 fully saturated rings. The highest BCUT2D eigenvalue weighted by Gasteiger charge is 2.37. The zero-order chi connectivity index (χ0) is 39.7. The second kappa shape index (κ2) is 18.5. The van der Waals surface area contributed by atoms with E-state index in [1.165, 1.54) is 12.1 Å². The van der Waals surface area contributed by atoms with Crippen molar-refractivity contribution in [1.82, 2.24) is 25.4 Å². The van der Waals surface area contributed by atoms with Crippen molar-refractivity contribution in [2.75, 3.05) is 45.8 Å². The van der Waals surface area contributed by atoms with E-state index in [2.05, 4.69) is 20.5 Å². The Morgan fingerprint density at radius 3 is 2.46 bits per heavy atom. The second-order valence-electron chi connectivity index (χ2n) is 14.9. The minimum Gasteiger partial charge on any atom is -0.506 e. The van der Waals surface area contributed by atoms with Crippen molar-refractivity contribution in [3.8, 4) is 11.5 Å². The molecule has 4 heterocycles. The van der Waals surface area contributed by atoms with Crippen LogP contribution in [0, 0.1) is 5.92 Å². The van der Waals surface area contributed by atoms with Gasteiger partial charge in [0.05, 0.1) is 17.7 Å². The average molecular weight is 774 g/mol. The van der Waals surface area contributed by atoms with Crippen molar-refractivity contribution in [2.24, 2.45) is 5.92 Å². The Morgan fingerprint density at radius 1 is 0.947 bits per heavy atom. The molecule has 0 saturated carbocycles. The van der Waals surface area contributed by atoms with E-state index in [1.54, 1.807) is 17.0 Å². The van der Waals surface area contributed by atoms with Crippen molar-refractivity contribution < 1.29 is 29.3 Å². The van der Waals surface area contributed by atoms with Gasteiger partial charge in [0.15, 0.2) is 0 Å². The van der Waals surface area contributed by atoms with Crippen LogP contribution in [-0.4, -0.2) is 88.9 Å². The predicted molar refractivity (Wildman–Crippen MR) is 218 cm³/mol. The van der Waals surface area contributed by atoms with Crippen LogP contribution in [0.3, 0.4) is 0 Å². The minimum atomic E-state index is -0.854. The number of phenols is 1. The van der Waals surface area contributed by atoms with E-state index in [4.69, 9.17) is 9.47 Å². The standard InChI is InChI=1S/C45H51N5O7/c1-2-50(23-7-22-46-27-39(52)36-16-18-38(51)43-37(36)17-19-41(53)47-43)44(54)33-14-12-30(13-15-33)29-56-35-11-6-10-34(26-35)42(32-8-4-3-5-9-32)48-45(55)57-40-28-49-24-20-31(40)21-25-49/h3-6,8-19,26,31,39-40,42,46,51-52H,2,7,20-25,27-29H2,1H3,(H,47,53)(H,48,55). The van der Waals surface area contributed by atoms with Crippen LogP contribution in [0.1, 0.15) is 70.9 Å². The van der Waals surface area contributed by atoms with Crippen molar-refractivity contribution in [3.63, 3.8) is 0 Å². The third-order valence-electron chi connectivity index (χ3n) is 11.1. The zero-order valence-corrected chi connectivity index (χ0v) is 32.2. The molecule has 2 bridgehead atoms. The molecule has 3 aliphatic rings. The van der Waals surface area contributed by atoms with Crippen LogP contribution in [-0.2, 0) is 11.3 Å². The summed E-state index contributed by atoms with van der Waals surface area (Å²) in [7, 11) is 0. The maximum atomic E-state index is 13.4. The fourth-order valence-electron chi connectivity index (χ4n) is 7.91. The van der Waals surface area contributed by atoms with E-state index in [0.29, 0.717) is 66.4 Å². The molecule has 0 radical (unpaired) electrons. The number of aromatic hydroxyl groups is 1. The van der Waals surface area contributed by atoms with Crippen LogP contribution in [0.5, 0.6) is 11.5 Å². The molecule has 5 aromatic rings. The van der Waals surface area contributed by atoms with E-state index >= 15 is 0 Å². The number of aliphatic hydroxyl groups excluding tert-OH is 1. The molecule has 3 saturated heterocycles. The Kier molecular flexibility index (Phi) is 12.8. The number of nitrogens with one attached hydrogen (secondary N) is 3. The van der Waals surface area contributed by atoms with Gasteiger partial charge in [0.1, 0.15) is 24.2 Å². The molecule has 12 nitrogen and oxygen atoms in total. The van der Waals surface area contributed by atoms with Crippen LogP contribution < -0.4 is 20.9 Å². The van der Waals surface area contributed by atoms with Crippen LogP contribution in [0.25, 0.3) is 10.9 Å². The lowest BCUT2D eigenvalue weighted by Crippen LogP contribution is -2.52. The quantitative estimate of drug-likeness (QED) is 0.0772. The average Bonchev–Trinajstić information content (AvgIpc) is 3.24. The summed E-state index contributed by atoms with van der Waals surface area (Å²) in [5, 5.41) is 27.9. The number of aliphatic hydroxyl groups is 1. The number of rotatable bonds is 16. The van der Waals surface area contributed by atoms with E-state index in [1.807, 2.05) is 85.8 Å². The van der Waals surface area contributed by atoms with Gasteiger partial charge in [-0.05, 0) is 110 Å². The van der Waals surface area contributed by atoms with Gasteiger partial charge in [-0.25, -0.2) is 4.79 Å². The molecule has 5 N–H and O–H groups in total. The first-order valence-corrected chi connectivity index (χ1v) is 19.8. The first kappa shape index (κ1) is 39.5. The number of pyridine rings is 1. The van der Waals surface area contributed by atoms with Gasteiger partial charge in [0.2, 0.25) is 5.56 Å². The third kappa shape index (κ3) is 9.83. The number of benzene rings is 4. The number of amides is 2. The molecule has 0 aliphatic carbocycles. The van der Waals surface area contributed by atoms with Gasteiger partial charge in [-0.3, -0.25) is 14.5 Å². The predicted octanol–water partition coefficient (Wildman–Crippen LogP) is 5.90. The number of fused-ring (bicyclic) bond motifs is 4. The molecule has 2 amide bonds. The molecule has 1 aromatic heterocycles. The van der Waals surface area contributed by atoms with Gasteiger partial charge in [-0.2, -0.15) is 0 Å². The Labute approximate surface area is 332 Å². The lowest BCUT2D eigenvalue weighted by Gasteiger charge is -2.43. The number of ether oxygens (including phenoxy) is 2. The largest absolute Gasteiger partial charge is 0.506 e. The minimum absolute atomic E-state index is 0.0534. The molecular weight excluding hydrogens is 723 g/mol. The fraction of sp³-hybridized carbons (Fsp3) is 0.356. The summed E-state index contributed by atoms with van der Waals surface area (Å²) in [6.07, 6.45) is 1.46. The third-order valence-corrected chi connectivity index (χ3v) is 11.1. The number of carbonyl (C=O) groups is 2. The Hall–Kier alpha value is -5.69. The summed E-state index contributed by atoms with van der Waals surface area (Å²) >= 11 is 0. The SMILES string of the molecule is CCN(CCCNCC(O)c1ccc(O)c2[nH]c(=O)ccc12)C(=O)c1ccc(COc2cccc(C(NC(=O)OC3CN4CCC3CC4)c3ccccc3)c2)cc1. The van der Waals surface area contributed by atoms with Crippen LogP contribution >= 0.6 is 0 Å². The number of hydrogen-bond donors (Lipinski definition) is 5. The number of hydrogen-bond acceptors (Lipinski definition) is 9. The van der Waals surface area contributed by atoms with E-state index < -0.39 is 18.2 Å². The monoisotopic (exact) mass is 773 g/mol. The van der Waals surface area contributed by atoms with E-state index in [-0.39, 0.29) is 29.9 Å². The molecule has 3 unspecified atom stereocenters. The number of H-pyrrole nitrogens is 1. The van der Waals surface area contributed by atoms with Crippen LogP contribution in [0.15, 0.2) is 108 Å². The number of aromatic nitrogens is 1. The molecular formula is C45H51N5O7. The lowest BCUT2D eigenvalue weighted by molar-refractivity contribution is -0.0336. The van der Waals surface area contributed by atoms with Gasteiger partial charge < -0.3 is 40.2 Å². The molecule has 0 spiro atoms. The number of phenolic OH excluding ortho intramolecular Hbond substituents is 1. The Balaban J connectivity index is 0.894. The summed E-state index contributed by atoms with van der Waals surface area (Å²) < 4.78 is 12.2. The summed E-state index contributed by atoms with van der Waals surface area (Å²) in [6.45, 7) is 7.15. The highest BCUT2D eigenvalue weighted by Crippen LogP contribution is 2.31. The second-order valence-corrected chi connectivity index (χ2v) is 14.9. The summed E-state index contributed by atoms with van der Waals surface area (Å²) in [5.74, 6) is 0.965. The van der Waals surface area contributed by atoms with Crippen LogP contribution in [0.4, 0.5) is 4.79 Å². The van der Waals surface area contributed by atoms with Gasteiger partial charge in [0.25, 0.3) is 5.91 Å². The van der Waals surface area contributed by atoms with Crippen molar-refractivity contribution in [3.05, 3.63) is 141 Å². The Morgan fingerprint density at radius 2 is 1.72 bits per heavy atom. The summed E-state index contributed by atoms with van der Waals surface area (Å²) in [6, 6.07) is 30.7. The van der Waals surface area contributed by atoms with E-state index in [0.717, 1.165) is 49.2 Å². The highest BCUT2D eigenvalue weighted by molar-refractivity contribution is 5.94. The molecule has 8 rings (SSSR count). The number of carbonyl (C=O) groups excluding carboxylic acids is 2. The maximum Gasteiger partial charge on any atom is 0.408 e. The van der Waals surface area contributed by atoms with Crippen molar-refractivity contribution >= 4 is 22.9 Å². The first-order chi connectivity index (χ1) is 27.7. The normalized spacial score (nSPS) is 18.5. The van der Waals surface area contributed by atoms with Gasteiger partial charge >= 0.3 is 6.09 Å². The molecule has 3 aliphatic heterocycles. The molecule has 12 heteroatoms. The summed E-state index contributed by atoms with van der Waals surface area (Å²) in [5.41, 5.74) is 3.88. The van der Waals surface area contributed by atoms with Gasteiger partial charge in [0, 0.05) is 43.2 Å². The molecule has 3 atom stereocenters. The lowest BCUT2D eigenvalue weighted by atomic mass is 9.86. The number of alkyl carbamates (subject to hydrolysis) is 1. The number of nitrogens with zero attached hydrogens (tertiary/aromatic N) is 2. The summed E-state index contributed by atoms with van der Waals surface area (Å²) in [4.78, 5) is 45.1. The van der Waals surface area contributed by atoms with E-state index in [9.17, 15) is 24.6 Å². The topological polar surface area (TPSA) is 156 Å². The number of piperidine rings is 3. The zero-order valence-electron chi connectivity index (χ0n) is 32.2. The molecule has 57 heavy (non-hydrogen) atoms. The maximum absolute atomic E-state index is 13.4. The fourth-order valence-corrected chi connectivity index (χ4v) is 7.91. The smallest absolute Gasteiger partial charge is 0.408 e. The van der Waals surface area contributed by atoms with Gasteiger partial charge in [-0.1, -0.05) is 60.7 Å². The van der Waals surface area contributed by atoms with Crippen molar-refractivity contribution in [1.29, 1.82) is 0 Å². The molecule has 298 valence electrons.